The van der Waals surface area contributed by atoms with Gasteiger partial charge in [0.25, 0.3) is 0 Å². The van der Waals surface area contributed by atoms with E-state index in [2.05, 4.69) is 26.8 Å². The first-order valence-corrected chi connectivity index (χ1v) is 7.90. The van der Waals surface area contributed by atoms with E-state index in [-0.39, 0.29) is 0 Å². The molecule has 1 saturated heterocycles. The Morgan fingerprint density at radius 2 is 1.91 bits per heavy atom. The Kier molecular flexibility index (Phi) is 4.54. The number of ether oxygens (including phenoxy) is 1. The highest BCUT2D eigenvalue weighted by molar-refractivity contribution is 6.31. The molecule has 0 spiro atoms. The van der Waals surface area contributed by atoms with E-state index in [1.54, 1.807) is 12.1 Å². The molecular formula is C16H20ClN5O. The predicted molar refractivity (Wildman–Crippen MR) is 92.4 cm³/mol. The number of aromatic nitrogens is 2. The highest BCUT2D eigenvalue weighted by atomic mass is 35.5. The van der Waals surface area contributed by atoms with Crippen molar-refractivity contribution in [1.29, 1.82) is 0 Å². The van der Waals surface area contributed by atoms with Gasteiger partial charge in [-0.1, -0.05) is 11.6 Å². The maximum atomic E-state index is 6.23. The van der Waals surface area contributed by atoms with Crippen LogP contribution in [0.1, 0.15) is 5.56 Å². The average molecular weight is 334 g/mol. The third kappa shape index (κ3) is 3.48. The number of likely N-dealkylation sites (N-methyl/N-ethyl adjacent to an activating group) is 1. The zero-order valence-corrected chi connectivity index (χ0v) is 14.0. The van der Waals surface area contributed by atoms with Crippen molar-refractivity contribution in [2.75, 3.05) is 43.9 Å². The molecule has 0 aliphatic carbocycles. The number of hydrogen-bond donors (Lipinski definition) is 1. The molecular weight excluding hydrogens is 314 g/mol. The van der Waals surface area contributed by atoms with Crippen LogP contribution >= 0.6 is 11.6 Å². The first kappa shape index (κ1) is 15.8. The van der Waals surface area contributed by atoms with Crippen LogP contribution in [0.3, 0.4) is 0 Å². The summed E-state index contributed by atoms with van der Waals surface area (Å²) in [6.07, 6.45) is 1.49. The molecule has 1 aromatic carbocycles. The molecule has 0 bridgehead atoms. The maximum Gasteiger partial charge on any atom is 0.248 e. The van der Waals surface area contributed by atoms with Gasteiger partial charge >= 0.3 is 0 Å². The molecule has 2 heterocycles. The number of nitrogens with two attached hydrogens (primary N) is 1. The zero-order chi connectivity index (χ0) is 16.4. The SMILES string of the molecule is Cc1cc(Oc2ncnc(N3CCN(C)CC3)c2N)ccc1Cl. The summed E-state index contributed by atoms with van der Waals surface area (Å²) in [5.74, 6) is 1.76. The van der Waals surface area contributed by atoms with E-state index in [1.807, 2.05) is 13.0 Å². The molecule has 0 amide bonds. The molecule has 2 N–H and O–H groups in total. The Labute approximate surface area is 140 Å². The number of aryl methyl sites for hydroxylation is 1. The van der Waals surface area contributed by atoms with E-state index in [4.69, 9.17) is 22.1 Å². The van der Waals surface area contributed by atoms with Crippen LogP contribution < -0.4 is 15.4 Å². The third-order valence-electron chi connectivity index (χ3n) is 3.97. The number of anilines is 2. The summed E-state index contributed by atoms with van der Waals surface area (Å²) in [6, 6.07) is 5.46. The summed E-state index contributed by atoms with van der Waals surface area (Å²) in [4.78, 5) is 12.9. The Morgan fingerprint density at radius 3 is 2.61 bits per heavy atom. The van der Waals surface area contributed by atoms with Crippen molar-refractivity contribution < 1.29 is 4.74 Å². The molecule has 1 aromatic heterocycles. The highest BCUT2D eigenvalue weighted by Gasteiger charge is 2.20. The minimum absolute atomic E-state index is 0.371. The van der Waals surface area contributed by atoms with Crippen LogP contribution in [0.4, 0.5) is 11.5 Å². The van der Waals surface area contributed by atoms with Crippen molar-refractivity contribution in [2.45, 2.75) is 6.92 Å². The van der Waals surface area contributed by atoms with Gasteiger partial charge in [-0.25, -0.2) is 4.98 Å². The molecule has 7 heteroatoms. The zero-order valence-electron chi connectivity index (χ0n) is 13.3. The van der Waals surface area contributed by atoms with Crippen LogP contribution in [0.25, 0.3) is 0 Å². The second-order valence-corrected chi connectivity index (χ2v) is 6.13. The lowest BCUT2D eigenvalue weighted by molar-refractivity contribution is 0.312. The number of benzene rings is 1. The van der Waals surface area contributed by atoms with Crippen LogP contribution in [0.5, 0.6) is 11.6 Å². The Morgan fingerprint density at radius 1 is 1.17 bits per heavy atom. The van der Waals surface area contributed by atoms with Gasteiger partial charge in [-0.15, -0.1) is 0 Å². The van der Waals surface area contributed by atoms with E-state index in [1.165, 1.54) is 6.33 Å². The van der Waals surface area contributed by atoms with Gasteiger partial charge in [0.15, 0.2) is 5.82 Å². The van der Waals surface area contributed by atoms with E-state index >= 15 is 0 Å². The number of nitrogens with zero attached hydrogens (tertiary/aromatic N) is 4. The smallest absolute Gasteiger partial charge is 0.248 e. The van der Waals surface area contributed by atoms with Gasteiger partial charge < -0.3 is 20.3 Å². The summed E-state index contributed by atoms with van der Waals surface area (Å²) in [5, 5.41) is 0.700. The second kappa shape index (κ2) is 6.60. The number of piperazine rings is 1. The molecule has 0 atom stereocenters. The van der Waals surface area contributed by atoms with Crippen molar-refractivity contribution in [3.63, 3.8) is 0 Å². The fourth-order valence-electron chi connectivity index (χ4n) is 2.51. The van der Waals surface area contributed by atoms with Crippen LogP contribution in [0.2, 0.25) is 5.02 Å². The number of hydrogen-bond acceptors (Lipinski definition) is 6. The van der Waals surface area contributed by atoms with Gasteiger partial charge in [-0.2, -0.15) is 4.98 Å². The normalized spacial score (nSPS) is 15.7. The summed E-state index contributed by atoms with van der Waals surface area (Å²) >= 11 is 6.04. The van der Waals surface area contributed by atoms with Crippen molar-refractivity contribution in [3.8, 4) is 11.6 Å². The Balaban J connectivity index is 1.83. The van der Waals surface area contributed by atoms with E-state index in [0.29, 0.717) is 22.3 Å². The van der Waals surface area contributed by atoms with E-state index in [0.717, 1.165) is 37.6 Å². The van der Waals surface area contributed by atoms with Gasteiger partial charge in [0, 0.05) is 31.2 Å². The van der Waals surface area contributed by atoms with Crippen molar-refractivity contribution in [3.05, 3.63) is 35.1 Å². The first-order valence-electron chi connectivity index (χ1n) is 7.52. The third-order valence-corrected chi connectivity index (χ3v) is 4.40. The van der Waals surface area contributed by atoms with E-state index < -0.39 is 0 Å². The second-order valence-electron chi connectivity index (χ2n) is 5.72. The molecule has 1 aliphatic rings. The lowest BCUT2D eigenvalue weighted by atomic mass is 10.2. The quantitative estimate of drug-likeness (QED) is 0.931. The van der Waals surface area contributed by atoms with Crippen LogP contribution in [-0.2, 0) is 0 Å². The molecule has 1 fully saturated rings. The summed E-state index contributed by atoms with van der Waals surface area (Å²) < 4.78 is 5.83. The fraction of sp³-hybridized carbons (Fsp3) is 0.375. The number of nitrogen functional groups attached to an aromatic ring is 1. The van der Waals surface area contributed by atoms with Crippen molar-refractivity contribution >= 4 is 23.1 Å². The number of rotatable bonds is 3. The van der Waals surface area contributed by atoms with Gasteiger partial charge in [-0.05, 0) is 37.7 Å². The first-order chi connectivity index (χ1) is 11.0. The minimum atomic E-state index is 0.371. The molecule has 0 saturated carbocycles. The van der Waals surface area contributed by atoms with Crippen molar-refractivity contribution in [1.82, 2.24) is 14.9 Å². The maximum absolute atomic E-state index is 6.23. The standard InChI is InChI=1S/C16H20ClN5O/c1-11-9-12(3-4-13(11)17)23-16-14(18)15(19-10-20-16)22-7-5-21(2)6-8-22/h3-4,9-10H,5-8,18H2,1-2H3. The average Bonchev–Trinajstić information content (AvgIpc) is 2.54. The van der Waals surface area contributed by atoms with Gasteiger partial charge in [-0.3, -0.25) is 0 Å². The van der Waals surface area contributed by atoms with Crippen LogP contribution in [-0.4, -0.2) is 48.1 Å². The molecule has 3 rings (SSSR count). The summed E-state index contributed by atoms with van der Waals surface area (Å²) in [7, 11) is 2.11. The predicted octanol–water partition coefficient (Wildman–Crippen LogP) is 2.56. The topological polar surface area (TPSA) is 67.5 Å². The molecule has 23 heavy (non-hydrogen) atoms. The number of halogens is 1. The molecule has 0 radical (unpaired) electrons. The molecule has 122 valence electrons. The molecule has 1 aliphatic heterocycles. The highest BCUT2D eigenvalue weighted by Crippen LogP contribution is 2.32. The largest absolute Gasteiger partial charge is 0.437 e. The van der Waals surface area contributed by atoms with E-state index in [9.17, 15) is 0 Å². The van der Waals surface area contributed by atoms with Gasteiger partial charge in [0.1, 0.15) is 17.8 Å². The molecule has 6 nitrogen and oxygen atoms in total. The summed E-state index contributed by atoms with van der Waals surface area (Å²) in [6.45, 7) is 5.66. The van der Waals surface area contributed by atoms with Crippen LogP contribution in [0.15, 0.2) is 24.5 Å². The lowest BCUT2D eigenvalue weighted by Crippen LogP contribution is -2.45. The minimum Gasteiger partial charge on any atom is -0.437 e. The molecule has 2 aromatic rings. The monoisotopic (exact) mass is 333 g/mol. The van der Waals surface area contributed by atoms with Crippen molar-refractivity contribution in [2.24, 2.45) is 0 Å². The van der Waals surface area contributed by atoms with Gasteiger partial charge in [0.05, 0.1) is 0 Å². The van der Waals surface area contributed by atoms with Crippen LogP contribution in [0, 0.1) is 6.92 Å². The molecule has 0 unspecified atom stereocenters. The Hall–Kier alpha value is -2.05. The fourth-order valence-corrected chi connectivity index (χ4v) is 2.63. The lowest BCUT2D eigenvalue weighted by Gasteiger charge is -2.33. The Bertz CT molecular complexity index is 701. The summed E-state index contributed by atoms with van der Waals surface area (Å²) in [5.41, 5.74) is 7.64. The van der Waals surface area contributed by atoms with Gasteiger partial charge in [0.2, 0.25) is 5.88 Å².